The van der Waals surface area contributed by atoms with Crippen LogP contribution in [0.15, 0.2) is 82.6 Å². The van der Waals surface area contributed by atoms with E-state index in [1.54, 1.807) is 62.4 Å². The van der Waals surface area contributed by atoms with Crippen molar-refractivity contribution in [2.24, 2.45) is 0 Å². The van der Waals surface area contributed by atoms with E-state index in [1.165, 1.54) is 47.1 Å². The fraction of sp³-hybridized carbons (Fsp3) is 0.275. The molecule has 0 aliphatic carbocycles. The van der Waals surface area contributed by atoms with E-state index in [-0.39, 0.29) is 56.5 Å². The molecular formula is C40H39N5O10S3. The Bertz CT molecular complexity index is 2680. The van der Waals surface area contributed by atoms with Crippen molar-refractivity contribution in [2.75, 3.05) is 41.2 Å². The highest BCUT2D eigenvalue weighted by Gasteiger charge is 2.34. The largest absolute Gasteiger partial charge is 0.495 e. The van der Waals surface area contributed by atoms with Gasteiger partial charge in [0.05, 0.1) is 31.2 Å². The van der Waals surface area contributed by atoms with Crippen LogP contribution < -0.4 is 23.4 Å². The minimum absolute atomic E-state index is 0.00243. The van der Waals surface area contributed by atoms with Crippen molar-refractivity contribution in [3.63, 3.8) is 0 Å². The van der Waals surface area contributed by atoms with Crippen LogP contribution in [-0.2, 0) is 48.8 Å². The molecule has 1 aromatic heterocycles. The molecule has 302 valence electrons. The van der Waals surface area contributed by atoms with Gasteiger partial charge < -0.3 is 14.2 Å². The van der Waals surface area contributed by atoms with Crippen LogP contribution in [-0.4, -0.2) is 71.3 Å². The van der Waals surface area contributed by atoms with Gasteiger partial charge in [0.25, 0.3) is 26.0 Å². The Balaban J connectivity index is 1.02. The molecule has 0 spiro atoms. The number of nitrogens with one attached hydrogen (secondary N) is 1. The minimum Gasteiger partial charge on any atom is -0.495 e. The van der Waals surface area contributed by atoms with Crippen LogP contribution in [0.1, 0.15) is 61.6 Å². The molecule has 0 saturated heterocycles. The molecular weight excluding hydrogens is 807 g/mol. The topological polar surface area (TPSA) is 191 Å². The van der Waals surface area contributed by atoms with Crippen molar-refractivity contribution in [1.29, 1.82) is 0 Å². The molecule has 0 radical (unpaired) electrons. The maximum atomic E-state index is 13.9. The van der Waals surface area contributed by atoms with E-state index in [9.17, 15) is 31.2 Å². The number of esters is 2. The number of hydrogen-bond donors (Lipinski definition) is 1. The molecule has 0 atom stereocenters. The highest BCUT2D eigenvalue weighted by molar-refractivity contribution is 7.93. The summed E-state index contributed by atoms with van der Waals surface area (Å²) < 4.78 is 78.1. The molecule has 1 N–H and O–H groups in total. The molecule has 0 fully saturated rings. The van der Waals surface area contributed by atoms with Gasteiger partial charge in [0.1, 0.15) is 27.7 Å². The zero-order chi connectivity index (χ0) is 41.4. The first-order valence-electron chi connectivity index (χ1n) is 18.2. The number of amides is 1. The van der Waals surface area contributed by atoms with E-state index < -0.39 is 44.3 Å². The number of sulfonamides is 2. The van der Waals surface area contributed by atoms with Gasteiger partial charge in [-0.1, -0.05) is 24.3 Å². The molecule has 0 unspecified atom stereocenters. The molecule has 3 heterocycles. The Labute approximate surface area is 339 Å². The molecule has 2 aliphatic rings. The third-order valence-electron chi connectivity index (χ3n) is 9.79. The molecule has 5 aromatic rings. The monoisotopic (exact) mass is 845 g/mol. The summed E-state index contributed by atoms with van der Waals surface area (Å²) in [5.41, 5.74) is 3.79. The van der Waals surface area contributed by atoms with Gasteiger partial charge in [-0.25, -0.2) is 26.6 Å². The second-order valence-corrected chi connectivity index (χ2v) is 18.2. The van der Waals surface area contributed by atoms with Crippen LogP contribution >= 0.6 is 11.5 Å². The predicted octanol–water partition coefficient (Wildman–Crippen LogP) is 5.63. The fourth-order valence-electron chi connectivity index (χ4n) is 6.93. The Morgan fingerprint density at radius 2 is 1.24 bits per heavy atom. The van der Waals surface area contributed by atoms with Crippen molar-refractivity contribution < 1.29 is 45.4 Å². The number of carbonyl (C=O) groups excluding carboxylic acids is 3. The van der Waals surface area contributed by atoms with Crippen LogP contribution in [0.3, 0.4) is 0 Å². The number of fused-ring (bicyclic) bond motifs is 2. The van der Waals surface area contributed by atoms with Crippen LogP contribution in [0.5, 0.6) is 11.5 Å². The standard InChI is InChI=1S/C40H39N5O10S3/c1-24-9-15-32(53-3)34(19-24)57(49,50)44-17-5-7-26-11-13-28(21-30(26)44)38(47)42-40-41-36(43-56-40)23-37(46)55-39(48)29-14-12-27-8-6-18-45(31(27)22-29)58(51,52)35-20-25(2)10-16-33(35)54-4/h9-16,19-22H,5-8,17-18,23H2,1-4H3,(H,41,42,43,47). The number of nitrogens with zero attached hydrogens (tertiary/aromatic N) is 4. The summed E-state index contributed by atoms with van der Waals surface area (Å²) >= 11 is 0.808. The maximum absolute atomic E-state index is 13.9. The molecule has 58 heavy (non-hydrogen) atoms. The Kier molecular flexibility index (Phi) is 11.3. The van der Waals surface area contributed by atoms with Crippen LogP contribution in [0.2, 0.25) is 0 Å². The van der Waals surface area contributed by atoms with Crippen LogP contribution in [0, 0.1) is 13.8 Å². The molecule has 18 heteroatoms. The van der Waals surface area contributed by atoms with Gasteiger partial charge in [-0.05, 0) is 110 Å². The number of methoxy groups -OCH3 is 2. The zero-order valence-electron chi connectivity index (χ0n) is 32.0. The summed E-state index contributed by atoms with van der Waals surface area (Å²) in [4.78, 5) is 43.6. The lowest BCUT2D eigenvalue weighted by atomic mass is 10.0. The van der Waals surface area contributed by atoms with Crippen molar-refractivity contribution in [3.05, 3.63) is 112 Å². The van der Waals surface area contributed by atoms with Gasteiger partial charge in [0.15, 0.2) is 5.82 Å². The molecule has 15 nitrogen and oxygen atoms in total. The highest BCUT2D eigenvalue weighted by atomic mass is 32.2. The summed E-state index contributed by atoms with van der Waals surface area (Å²) in [5, 5.41) is 2.70. The van der Waals surface area contributed by atoms with Crippen molar-refractivity contribution in [1.82, 2.24) is 9.36 Å². The van der Waals surface area contributed by atoms with Crippen molar-refractivity contribution in [2.45, 2.75) is 55.7 Å². The lowest BCUT2D eigenvalue weighted by Crippen LogP contribution is -2.36. The maximum Gasteiger partial charge on any atom is 0.345 e. The number of ether oxygens (including phenoxy) is 3. The van der Waals surface area contributed by atoms with Gasteiger partial charge >= 0.3 is 11.9 Å². The number of rotatable bonds is 11. The second-order valence-electron chi connectivity index (χ2n) is 13.8. The van der Waals surface area contributed by atoms with Gasteiger partial charge in [-0.3, -0.25) is 23.5 Å². The molecule has 0 saturated carbocycles. The van der Waals surface area contributed by atoms with Gasteiger partial charge in [-0.15, -0.1) is 0 Å². The second kappa shape index (κ2) is 16.2. The summed E-state index contributed by atoms with van der Waals surface area (Å²) in [6, 6.07) is 19.1. The smallest absolute Gasteiger partial charge is 0.345 e. The Morgan fingerprint density at radius 3 is 1.78 bits per heavy atom. The quantitative estimate of drug-likeness (QED) is 0.128. The number of benzene rings is 4. The summed E-state index contributed by atoms with van der Waals surface area (Å²) in [6.45, 7) is 3.96. The number of aromatic nitrogens is 2. The molecule has 1 amide bonds. The number of anilines is 3. The van der Waals surface area contributed by atoms with E-state index in [4.69, 9.17) is 14.2 Å². The highest BCUT2D eigenvalue weighted by Crippen LogP contribution is 2.38. The fourth-order valence-corrected chi connectivity index (χ4v) is 11.1. The van der Waals surface area contributed by atoms with Crippen molar-refractivity contribution >= 4 is 65.9 Å². The Hall–Kier alpha value is -5.85. The first-order chi connectivity index (χ1) is 27.7. The lowest BCUT2D eigenvalue weighted by molar-refractivity contribution is -0.137. The zero-order valence-corrected chi connectivity index (χ0v) is 34.4. The third kappa shape index (κ3) is 7.99. The summed E-state index contributed by atoms with van der Waals surface area (Å²) in [5.74, 6) is -2.14. The molecule has 4 aromatic carbocycles. The van der Waals surface area contributed by atoms with Gasteiger partial charge in [0, 0.05) is 30.2 Å². The number of carbonyl (C=O) groups is 3. The SMILES string of the molecule is COc1ccc(C)cc1S(=O)(=O)N1CCCc2ccc(C(=O)Nc3nc(CC(=O)OC(=O)c4ccc5c(c4)N(S(=O)(=O)c4cc(C)ccc4OC)CCC5)ns3)cc21. The van der Waals surface area contributed by atoms with Crippen LogP contribution in [0.4, 0.5) is 16.5 Å². The number of hydrogen-bond acceptors (Lipinski definition) is 13. The van der Waals surface area contributed by atoms with Crippen molar-refractivity contribution in [3.8, 4) is 11.5 Å². The van der Waals surface area contributed by atoms with E-state index in [0.29, 0.717) is 42.6 Å². The van der Waals surface area contributed by atoms with E-state index >= 15 is 0 Å². The van der Waals surface area contributed by atoms with Crippen LogP contribution in [0.25, 0.3) is 0 Å². The lowest BCUT2D eigenvalue weighted by Gasteiger charge is -2.31. The summed E-state index contributed by atoms with van der Waals surface area (Å²) in [6.07, 6.45) is 1.87. The average molecular weight is 846 g/mol. The summed E-state index contributed by atoms with van der Waals surface area (Å²) in [7, 11) is -5.33. The molecule has 0 bridgehead atoms. The first kappa shape index (κ1) is 40.4. The first-order valence-corrected chi connectivity index (χ1v) is 21.8. The Morgan fingerprint density at radius 1 is 0.724 bits per heavy atom. The van der Waals surface area contributed by atoms with Gasteiger partial charge in [0.2, 0.25) is 5.13 Å². The van der Waals surface area contributed by atoms with E-state index in [2.05, 4.69) is 14.7 Å². The third-order valence-corrected chi connectivity index (χ3v) is 14.1. The van der Waals surface area contributed by atoms with E-state index in [1.807, 2.05) is 0 Å². The normalized spacial score (nSPS) is 13.9. The molecule has 7 rings (SSSR count). The van der Waals surface area contributed by atoms with E-state index in [0.717, 1.165) is 28.2 Å². The molecule has 2 aliphatic heterocycles. The number of aryl methyl sites for hydroxylation is 4. The predicted molar refractivity (Wildman–Crippen MR) is 216 cm³/mol. The van der Waals surface area contributed by atoms with Gasteiger partial charge in [-0.2, -0.15) is 4.37 Å². The minimum atomic E-state index is -4.08. The average Bonchev–Trinajstić information content (AvgIpc) is 3.65.